The zero-order valence-electron chi connectivity index (χ0n) is 13.2. The molecule has 0 atom stereocenters. The molecule has 1 saturated heterocycles. The van der Waals surface area contributed by atoms with Crippen molar-refractivity contribution in [3.8, 4) is 0 Å². The molecule has 1 heterocycles. The fourth-order valence-corrected chi connectivity index (χ4v) is 2.47. The quantitative estimate of drug-likeness (QED) is 0.289. The van der Waals surface area contributed by atoms with Gasteiger partial charge in [-0.3, -0.25) is 4.99 Å². The van der Waals surface area contributed by atoms with E-state index in [1.807, 2.05) is 30.3 Å². The molecule has 120 valence electrons. The highest BCUT2D eigenvalue weighted by Gasteiger charge is 2.21. The highest BCUT2D eigenvalue weighted by molar-refractivity contribution is 6.47. The molecule has 5 nitrogen and oxygen atoms in total. The molecule has 1 aromatic rings. The first-order valence-corrected chi connectivity index (χ1v) is 8.01. The van der Waals surface area contributed by atoms with Crippen LogP contribution in [0.5, 0.6) is 0 Å². The van der Waals surface area contributed by atoms with Crippen LogP contribution in [0.3, 0.4) is 0 Å². The van der Waals surface area contributed by atoms with Crippen molar-refractivity contribution in [3.05, 3.63) is 35.9 Å². The molecule has 2 rings (SSSR count). The smallest absolute Gasteiger partial charge is 0.154 e. The molecule has 1 aliphatic rings. The highest BCUT2D eigenvalue weighted by Crippen LogP contribution is 2.09. The van der Waals surface area contributed by atoms with Gasteiger partial charge in [-0.25, -0.2) is 0 Å². The monoisotopic (exact) mass is 303 g/mol. The van der Waals surface area contributed by atoms with Gasteiger partial charge in [0.25, 0.3) is 0 Å². The fraction of sp³-hybridized carbons (Fsp3) is 0.529. The third kappa shape index (κ3) is 4.56. The Morgan fingerprint density at radius 3 is 2.55 bits per heavy atom. The normalized spacial score (nSPS) is 16.9. The molecule has 22 heavy (non-hydrogen) atoms. The van der Waals surface area contributed by atoms with Crippen LogP contribution in [0.25, 0.3) is 0 Å². The van der Waals surface area contributed by atoms with Crippen molar-refractivity contribution >= 4 is 11.5 Å². The second kappa shape index (κ2) is 9.20. The summed E-state index contributed by atoms with van der Waals surface area (Å²) in [6.07, 6.45) is 3.39. The summed E-state index contributed by atoms with van der Waals surface area (Å²) in [6.45, 7) is 5.85. The van der Waals surface area contributed by atoms with E-state index in [2.05, 4.69) is 17.0 Å². The first-order valence-electron chi connectivity index (χ1n) is 8.01. The van der Waals surface area contributed by atoms with Crippen LogP contribution in [0.2, 0.25) is 0 Å². The van der Waals surface area contributed by atoms with Crippen LogP contribution in [-0.2, 0) is 4.74 Å². The molecule has 1 fully saturated rings. The van der Waals surface area contributed by atoms with Crippen LogP contribution < -0.4 is 0 Å². The molecule has 1 aliphatic heterocycles. The predicted octanol–water partition coefficient (Wildman–Crippen LogP) is 2.79. The van der Waals surface area contributed by atoms with E-state index in [1.165, 1.54) is 6.42 Å². The van der Waals surface area contributed by atoms with Gasteiger partial charge in [0, 0.05) is 25.2 Å². The third-order valence-corrected chi connectivity index (χ3v) is 3.69. The van der Waals surface area contributed by atoms with Crippen molar-refractivity contribution < 1.29 is 9.94 Å². The fourth-order valence-electron chi connectivity index (χ4n) is 2.47. The van der Waals surface area contributed by atoms with Gasteiger partial charge in [0.2, 0.25) is 0 Å². The van der Waals surface area contributed by atoms with E-state index in [1.54, 1.807) is 0 Å². The topological polar surface area (TPSA) is 57.4 Å². The summed E-state index contributed by atoms with van der Waals surface area (Å²) in [4.78, 5) is 6.88. The average molecular weight is 303 g/mol. The van der Waals surface area contributed by atoms with Gasteiger partial charge in [-0.2, -0.15) is 0 Å². The van der Waals surface area contributed by atoms with Crippen molar-refractivity contribution in [2.24, 2.45) is 10.1 Å². The Kier molecular flexibility index (Phi) is 6.90. The van der Waals surface area contributed by atoms with Gasteiger partial charge < -0.3 is 14.8 Å². The lowest BCUT2D eigenvalue weighted by Crippen LogP contribution is -2.44. The van der Waals surface area contributed by atoms with E-state index in [0.29, 0.717) is 18.9 Å². The number of amidine groups is 1. The minimum Gasteiger partial charge on any atom is -0.410 e. The van der Waals surface area contributed by atoms with Crippen LogP contribution in [0.15, 0.2) is 40.5 Å². The molecule has 0 amide bonds. The van der Waals surface area contributed by atoms with Crippen LogP contribution in [0.4, 0.5) is 0 Å². The number of nitrogens with zero attached hydrogens (tertiary/aromatic N) is 3. The van der Waals surface area contributed by atoms with Gasteiger partial charge >= 0.3 is 0 Å². The Balaban J connectivity index is 2.21. The Bertz CT molecular complexity index is 494. The molecule has 0 unspecified atom stereocenters. The lowest BCUT2D eigenvalue weighted by atomic mass is 10.1. The molecule has 1 N–H and O–H groups in total. The summed E-state index contributed by atoms with van der Waals surface area (Å²) >= 11 is 0. The minimum atomic E-state index is 0.541. The Morgan fingerprint density at radius 2 is 1.91 bits per heavy atom. The minimum absolute atomic E-state index is 0.541. The van der Waals surface area contributed by atoms with Gasteiger partial charge in [-0.05, 0) is 6.42 Å². The summed E-state index contributed by atoms with van der Waals surface area (Å²) in [6, 6.07) is 9.71. The molecule has 1 aromatic carbocycles. The van der Waals surface area contributed by atoms with Crippen LogP contribution in [0.1, 0.15) is 31.7 Å². The first kappa shape index (κ1) is 16.5. The maximum absolute atomic E-state index is 9.53. The molecule has 0 spiro atoms. The number of hydrogen-bond acceptors (Lipinski definition) is 4. The summed E-state index contributed by atoms with van der Waals surface area (Å²) in [5.74, 6) is 0.771. The first-order chi connectivity index (χ1) is 10.9. The zero-order valence-corrected chi connectivity index (χ0v) is 13.2. The molecular weight excluding hydrogens is 278 g/mol. The van der Waals surface area contributed by atoms with E-state index in [4.69, 9.17) is 9.73 Å². The standard InChI is InChI=1S/C17H25N3O2/c1-2-3-7-10-18-17(20-11-13-22-14-12-20)16(19-21)15-8-5-4-6-9-15/h4-6,8-9,21H,2-3,7,10-14H2,1H3/b18-17?,19-16-. The zero-order chi connectivity index (χ0) is 15.6. The summed E-state index contributed by atoms with van der Waals surface area (Å²) in [5, 5.41) is 13.1. The van der Waals surface area contributed by atoms with Gasteiger partial charge in [-0.1, -0.05) is 55.3 Å². The second-order valence-corrected chi connectivity index (χ2v) is 5.33. The van der Waals surface area contributed by atoms with Crippen molar-refractivity contribution in [1.82, 2.24) is 4.90 Å². The number of hydrogen-bond donors (Lipinski definition) is 1. The SMILES string of the molecule is CCCCCN=C(/C(=N\O)c1ccccc1)N1CCOCC1. The van der Waals surface area contributed by atoms with Crippen molar-refractivity contribution in [1.29, 1.82) is 0 Å². The maximum Gasteiger partial charge on any atom is 0.154 e. The Labute approximate surface area is 132 Å². The molecule has 0 aromatic heterocycles. The summed E-state index contributed by atoms with van der Waals surface area (Å²) in [7, 11) is 0. The van der Waals surface area contributed by atoms with Crippen molar-refractivity contribution in [3.63, 3.8) is 0 Å². The number of oxime groups is 1. The number of aliphatic imine (C=N–C) groups is 1. The Hall–Kier alpha value is -1.88. The maximum atomic E-state index is 9.53. The molecule has 0 radical (unpaired) electrons. The molecule has 0 aliphatic carbocycles. The molecule has 5 heteroatoms. The van der Waals surface area contributed by atoms with E-state index in [0.717, 1.165) is 43.9 Å². The van der Waals surface area contributed by atoms with Crippen LogP contribution in [-0.4, -0.2) is 54.5 Å². The predicted molar refractivity (Wildman–Crippen MR) is 89.0 cm³/mol. The molecular formula is C17H25N3O2. The molecule has 0 bridgehead atoms. The lowest BCUT2D eigenvalue weighted by molar-refractivity contribution is 0.0687. The highest BCUT2D eigenvalue weighted by atomic mass is 16.5. The second-order valence-electron chi connectivity index (χ2n) is 5.33. The average Bonchev–Trinajstić information content (AvgIpc) is 2.59. The van der Waals surface area contributed by atoms with E-state index >= 15 is 0 Å². The van der Waals surface area contributed by atoms with E-state index in [-0.39, 0.29) is 0 Å². The number of morpholine rings is 1. The number of rotatable bonds is 6. The van der Waals surface area contributed by atoms with Gasteiger partial charge in [0.15, 0.2) is 11.5 Å². The number of ether oxygens (including phenoxy) is 1. The van der Waals surface area contributed by atoms with Crippen molar-refractivity contribution in [2.75, 3.05) is 32.8 Å². The van der Waals surface area contributed by atoms with Crippen LogP contribution >= 0.6 is 0 Å². The summed E-state index contributed by atoms with van der Waals surface area (Å²) < 4.78 is 5.41. The van der Waals surface area contributed by atoms with E-state index < -0.39 is 0 Å². The Morgan fingerprint density at radius 1 is 1.18 bits per heavy atom. The summed E-state index contributed by atoms with van der Waals surface area (Å²) in [5.41, 5.74) is 1.42. The van der Waals surface area contributed by atoms with Gasteiger partial charge in [0.05, 0.1) is 13.2 Å². The van der Waals surface area contributed by atoms with Crippen LogP contribution in [0, 0.1) is 0 Å². The third-order valence-electron chi connectivity index (χ3n) is 3.69. The van der Waals surface area contributed by atoms with Crippen molar-refractivity contribution in [2.45, 2.75) is 26.2 Å². The molecule has 0 saturated carbocycles. The van der Waals surface area contributed by atoms with Gasteiger partial charge in [0.1, 0.15) is 0 Å². The number of unbranched alkanes of at least 4 members (excludes halogenated alkanes) is 2. The largest absolute Gasteiger partial charge is 0.410 e. The number of benzene rings is 1. The van der Waals surface area contributed by atoms with Gasteiger partial charge in [-0.15, -0.1) is 0 Å². The van der Waals surface area contributed by atoms with E-state index in [9.17, 15) is 5.21 Å². The lowest BCUT2D eigenvalue weighted by Gasteiger charge is -2.30.